The van der Waals surface area contributed by atoms with Gasteiger partial charge in [0.15, 0.2) is 0 Å². The molecule has 0 heterocycles. The minimum absolute atomic E-state index is 0.176. The molecular formula is C13H20N2. The maximum absolute atomic E-state index is 6.35. The van der Waals surface area contributed by atoms with Crippen molar-refractivity contribution in [2.75, 3.05) is 5.32 Å². The monoisotopic (exact) mass is 204 g/mol. The first-order chi connectivity index (χ1) is 7.20. The van der Waals surface area contributed by atoms with Gasteiger partial charge in [-0.15, -0.1) is 0 Å². The fourth-order valence-corrected chi connectivity index (χ4v) is 2.29. The summed E-state index contributed by atoms with van der Waals surface area (Å²) in [4.78, 5) is 0. The smallest absolute Gasteiger partial charge is 0.0856 e. The zero-order valence-corrected chi connectivity index (χ0v) is 9.42. The van der Waals surface area contributed by atoms with Crippen molar-refractivity contribution in [2.45, 2.75) is 44.7 Å². The summed E-state index contributed by atoms with van der Waals surface area (Å²) in [5.41, 5.74) is 8.63. The second-order valence-corrected chi connectivity index (χ2v) is 4.66. The van der Waals surface area contributed by atoms with Crippen molar-refractivity contribution in [3.63, 3.8) is 0 Å². The summed E-state index contributed by atoms with van der Waals surface area (Å²) in [5.74, 6) is 0. The van der Waals surface area contributed by atoms with E-state index in [1.807, 2.05) is 0 Å². The van der Waals surface area contributed by atoms with Gasteiger partial charge in [-0.3, -0.25) is 0 Å². The van der Waals surface area contributed by atoms with Crippen LogP contribution in [0.1, 0.15) is 37.7 Å². The Morgan fingerprint density at radius 2 is 1.80 bits per heavy atom. The molecule has 15 heavy (non-hydrogen) atoms. The molecule has 1 aliphatic carbocycles. The molecule has 0 aromatic heterocycles. The molecule has 2 nitrogen and oxygen atoms in total. The van der Waals surface area contributed by atoms with Crippen LogP contribution in [-0.2, 0) is 0 Å². The molecule has 1 aromatic carbocycles. The van der Waals surface area contributed by atoms with Gasteiger partial charge in [-0.2, -0.15) is 0 Å². The number of nitrogens with two attached hydrogens (primary N) is 1. The van der Waals surface area contributed by atoms with Gasteiger partial charge in [0.2, 0.25) is 0 Å². The predicted octanol–water partition coefficient (Wildman–Crippen LogP) is 3.03. The second kappa shape index (κ2) is 4.23. The van der Waals surface area contributed by atoms with E-state index in [-0.39, 0.29) is 5.66 Å². The molecule has 1 saturated carbocycles. The Hall–Kier alpha value is -1.02. The van der Waals surface area contributed by atoms with Crippen molar-refractivity contribution in [1.82, 2.24) is 0 Å². The summed E-state index contributed by atoms with van der Waals surface area (Å²) in [6, 6.07) is 8.35. The minimum Gasteiger partial charge on any atom is -0.367 e. The first-order valence-electron chi connectivity index (χ1n) is 5.82. The number of hydrogen-bond donors (Lipinski definition) is 2. The van der Waals surface area contributed by atoms with Crippen LogP contribution in [-0.4, -0.2) is 5.66 Å². The van der Waals surface area contributed by atoms with E-state index >= 15 is 0 Å². The molecule has 1 fully saturated rings. The van der Waals surface area contributed by atoms with Gasteiger partial charge in [0, 0.05) is 5.69 Å². The van der Waals surface area contributed by atoms with Crippen molar-refractivity contribution in [1.29, 1.82) is 0 Å². The van der Waals surface area contributed by atoms with Crippen LogP contribution in [0.3, 0.4) is 0 Å². The number of rotatable bonds is 2. The van der Waals surface area contributed by atoms with Crippen molar-refractivity contribution < 1.29 is 0 Å². The number of hydrogen-bond acceptors (Lipinski definition) is 2. The van der Waals surface area contributed by atoms with Crippen LogP contribution < -0.4 is 11.1 Å². The molecule has 0 atom stereocenters. The molecule has 0 amide bonds. The topological polar surface area (TPSA) is 38.0 Å². The Balaban J connectivity index is 2.10. The summed E-state index contributed by atoms with van der Waals surface area (Å²) in [5, 5.41) is 3.50. The lowest BCUT2D eigenvalue weighted by Crippen LogP contribution is -2.49. The lowest BCUT2D eigenvalue weighted by molar-refractivity contribution is 0.333. The zero-order valence-electron chi connectivity index (χ0n) is 9.42. The zero-order chi connectivity index (χ0) is 10.7. The van der Waals surface area contributed by atoms with E-state index in [2.05, 4.69) is 36.5 Å². The van der Waals surface area contributed by atoms with Crippen LogP contribution in [0.2, 0.25) is 0 Å². The van der Waals surface area contributed by atoms with Gasteiger partial charge in [0.1, 0.15) is 0 Å². The van der Waals surface area contributed by atoms with Crippen LogP contribution in [0.25, 0.3) is 0 Å². The van der Waals surface area contributed by atoms with E-state index < -0.39 is 0 Å². The predicted molar refractivity (Wildman–Crippen MR) is 64.8 cm³/mol. The summed E-state index contributed by atoms with van der Waals surface area (Å²) < 4.78 is 0. The van der Waals surface area contributed by atoms with E-state index in [0.29, 0.717) is 0 Å². The molecule has 3 N–H and O–H groups in total. The molecule has 1 aliphatic rings. The van der Waals surface area contributed by atoms with Crippen LogP contribution in [0.15, 0.2) is 24.3 Å². The molecule has 0 unspecified atom stereocenters. The average molecular weight is 204 g/mol. The van der Waals surface area contributed by atoms with E-state index in [1.54, 1.807) is 0 Å². The normalized spacial score (nSPS) is 19.9. The third kappa shape index (κ3) is 2.51. The largest absolute Gasteiger partial charge is 0.367 e. The Morgan fingerprint density at radius 1 is 1.13 bits per heavy atom. The van der Waals surface area contributed by atoms with Gasteiger partial charge in [0.25, 0.3) is 0 Å². The summed E-state index contributed by atoms with van der Waals surface area (Å²) >= 11 is 0. The maximum atomic E-state index is 6.35. The third-order valence-electron chi connectivity index (χ3n) is 3.27. The van der Waals surface area contributed by atoms with E-state index in [4.69, 9.17) is 5.73 Å². The van der Waals surface area contributed by atoms with E-state index in [0.717, 1.165) is 12.8 Å². The van der Waals surface area contributed by atoms with Crippen molar-refractivity contribution in [2.24, 2.45) is 5.73 Å². The molecule has 0 spiro atoms. The fourth-order valence-electron chi connectivity index (χ4n) is 2.29. The van der Waals surface area contributed by atoms with Crippen LogP contribution >= 0.6 is 0 Å². The SMILES string of the molecule is Cc1ccccc1NC1(N)CCCCC1. The van der Waals surface area contributed by atoms with Gasteiger partial charge in [0.05, 0.1) is 5.66 Å². The average Bonchev–Trinajstić information content (AvgIpc) is 2.22. The molecule has 82 valence electrons. The first-order valence-corrected chi connectivity index (χ1v) is 5.82. The van der Waals surface area contributed by atoms with Gasteiger partial charge < -0.3 is 11.1 Å². The Morgan fingerprint density at radius 3 is 2.47 bits per heavy atom. The molecule has 1 aromatic rings. The van der Waals surface area contributed by atoms with E-state index in [9.17, 15) is 0 Å². The highest BCUT2D eigenvalue weighted by Gasteiger charge is 2.27. The number of nitrogens with one attached hydrogen (secondary N) is 1. The Labute approximate surface area is 91.9 Å². The first kappa shape index (κ1) is 10.5. The number of anilines is 1. The Bertz CT molecular complexity index is 327. The molecule has 0 bridgehead atoms. The summed E-state index contributed by atoms with van der Waals surface area (Å²) in [6.07, 6.45) is 5.99. The highest BCUT2D eigenvalue weighted by atomic mass is 15.1. The molecule has 0 radical (unpaired) electrons. The molecule has 0 saturated heterocycles. The fraction of sp³-hybridized carbons (Fsp3) is 0.538. The summed E-state index contributed by atoms with van der Waals surface area (Å²) in [7, 11) is 0. The number of para-hydroxylation sites is 1. The molecule has 2 heteroatoms. The quantitative estimate of drug-likeness (QED) is 0.727. The van der Waals surface area contributed by atoms with Gasteiger partial charge in [-0.25, -0.2) is 0 Å². The third-order valence-corrected chi connectivity index (χ3v) is 3.27. The molecule has 0 aliphatic heterocycles. The molecular weight excluding hydrogens is 184 g/mol. The summed E-state index contributed by atoms with van der Waals surface area (Å²) in [6.45, 7) is 2.12. The lowest BCUT2D eigenvalue weighted by Gasteiger charge is -2.35. The molecule has 2 rings (SSSR count). The van der Waals surface area contributed by atoms with Crippen molar-refractivity contribution in [3.05, 3.63) is 29.8 Å². The van der Waals surface area contributed by atoms with Crippen LogP contribution in [0.4, 0.5) is 5.69 Å². The lowest BCUT2D eigenvalue weighted by atomic mass is 9.89. The van der Waals surface area contributed by atoms with Gasteiger partial charge >= 0.3 is 0 Å². The standard InChI is InChI=1S/C13H20N2/c1-11-7-3-4-8-12(11)15-13(14)9-5-2-6-10-13/h3-4,7-8,15H,2,5-6,9-10,14H2,1H3. The number of benzene rings is 1. The van der Waals surface area contributed by atoms with E-state index in [1.165, 1.54) is 30.5 Å². The van der Waals surface area contributed by atoms with Gasteiger partial charge in [-0.1, -0.05) is 24.6 Å². The highest BCUT2D eigenvalue weighted by molar-refractivity contribution is 5.51. The minimum atomic E-state index is -0.176. The number of aryl methyl sites for hydroxylation is 1. The Kier molecular flexibility index (Phi) is 2.96. The maximum Gasteiger partial charge on any atom is 0.0856 e. The van der Waals surface area contributed by atoms with Gasteiger partial charge in [-0.05, 0) is 44.2 Å². The van der Waals surface area contributed by atoms with Crippen molar-refractivity contribution in [3.8, 4) is 0 Å². The highest BCUT2D eigenvalue weighted by Crippen LogP contribution is 2.28. The van der Waals surface area contributed by atoms with Crippen LogP contribution in [0, 0.1) is 6.92 Å². The second-order valence-electron chi connectivity index (χ2n) is 4.66. The van der Waals surface area contributed by atoms with Crippen molar-refractivity contribution >= 4 is 5.69 Å². The van der Waals surface area contributed by atoms with Crippen LogP contribution in [0.5, 0.6) is 0 Å².